The van der Waals surface area contributed by atoms with E-state index in [1.807, 2.05) is 38.2 Å². The first-order valence-corrected chi connectivity index (χ1v) is 14.2. The van der Waals surface area contributed by atoms with Gasteiger partial charge in [0.05, 0.1) is 44.0 Å². The lowest BCUT2D eigenvalue weighted by Gasteiger charge is -2.29. The molecule has 210 valence electrons. The van der Waals surface area contributed by atoms with Crippen LogP contribution < -0.4 is 10.9 Å². The SMILES string of the molecule is Cc1cc(C)c(CNC(=O)c2cc(-c3cccc(C[N+](C)(C)CCO)c3)cc3c2cnn3C2CCCC2)c(=O)[nH]1. The van der Waals surface area contributed by atoms with Gasteiger partial charge in [-0.2, -0.15) is 5.10 Å². The Hall–Kier alpha value is -3.75. The Morgan fingerprint density at radius 3 is 2.62 bits per heavy atom. The summed E-state index contributed by atoms with van der Waals surface area (Å²) < 4.78 is 2.78. The summed E-state index contributed by atoms with van der Waals surface area (Å²) in [7, 11) is 4.22. The molecular formula is C32H40N5O3+. The van der Waals surface area contributed by atoms with E-state index in [2.05, 4.69) is 53.3 Å². The third-order valence-electron chi connectivity index (χ3n) is 8.13. The molecule has 0 unspecified atom stereocenters. The first-order chi connectivity index (χ1) is 19.1. The van der Waals surface area contributed by atoms with Crippen molar-refractivity contribution in [1.82, 2.24) is 20.1 Å². The van der Waals surface area contributed by atoms with Crippen LogP contribution >= 0.6 is 0 Å². The molecule has 1 fully saturated rings. The summed E-state index contributed by atoms with van der Waals surface area (Å²) in [5.41, 5.74) is 6.70. The number of rotatable bonds is 9. The number of hydrogen-bond acceptors (Lipinski definition) is 4. The van der Waals surface area contributed by atoms with E-state index in [-0.39, 0.29) is 24.6 Å². The van der Waals surface area contributed by atoms with Gasteiger partial charge < -0.3 is 19.9 Å². The van der Waals surface area contributed by atoms with Gasteiger partial charge in [-0.05, 0) is 67.6 Å². The van der Waals surface area contributed by atoms with Crippen molar-refractivity contribution in [3.8, 4) is 11.1 Å². The molecule has 0 spiro atoms. The quantitative estimate of drug-likeness (QED) is 0.269. The van der Waals surface area contributed by atoms with E-state index in [1.54, 1.807) is 0 Å². The predicted molar refractivity (Wildman–Crippen MR) is 158 cm³/mol. The number of hydrogen-bond donors (Lipinski definition) is 3. The molecule has 0 radical (unpaired) electrons. The zero-order valence-corrected chi connectivity index (χ0v) is 24.0. The summed E-state index contributed by atoms with van der Waals surface area (Å²) in [5, 5.41) is 18.0. The van der Waals surface area contributed by atoms with Gasteiger partial charge in [0, 0.05) is 28.8 Å². The second-order valence-electron chi connectivity index (χ2n) is 11.9. The number of likely N-dealkylation sites (N-methyl/N-ethyl adjacent to an activating group) is 1. The highest BCUT2D eigenvalue weighted by Gasteiger charge is 2.23. The fourth-order valence-corrected chi connectivity index (χ4v) is 6.00. The summed E-state index contributed by atoms with van der Waals surface area (Å²) in [6.07, 6.45) is 6.36. The number of nitrogens with one attached hydrogen (secondary N) is 2. The molecule has 1 aliphatic rings. The van der Waals surface area contributed by atoms with Gasteiger partial charge in [0.25, 0.3) is 11.5 Å². The maximum absolute atomic E-state index is 13.7. The number of nitrogens with zero attached hydrogens (tertiary/aromatic N) is 3. The average molecular weight is 543 g/mol. The van der Waals surface area contributed by atoms with E-state index in [1.165, 1.54) is 18.4 Å². The molecular weight excluding hydrogens is 502 g/mol. The lowest BCUT2D eigenvalue weighted by molar-refractivity contribution is -0.903. The first-order valence-electron chi connectivity index (χ1n) is 14.2. The highest BCUT2D eigenvalue weighted by molar-refractivity contribution is 6.08. The maximum Gasteiger partial charge on any atom is 0.253 e. The van der Waals surface area contributed by atoms with Gasteiger partial charge in [-0.25, -0.2) is 0 Å². The third kappa shape index (κ3) is 5.88. The molecule has 8 nitrogen and oxygen atoms in total. The van der Waals surface area contributed by atoms with E-state index < -0.39 is 0 Å². The Morgan fingerprint density at radius 2 is 1.90 bits per heavy atom. The Labute approximate surface area is 235 Å². The number of aryl methyl sites for hydroxylation is 2. The van der Waals surface area contributed by atoms with Crippen LogP contribution in [0.1, 0.15) is 64.5 Å². The molecule has 1 saturated carbocycles. The molecule has 4 aromatic rings. The highest BCUT2D eigenvalue weighted by atomic mass is 16.3. The largest absolute Gasteiger partial charge is 0.391 e. The van der Waals surface area contributed by atoms with E-state index in [0.29, 0.717) is 28.2 Å². The number of benzene rings is 2. The van der Waals surface area contributed by atoms with Crippen molar-refractivity contribution in [3.63, 3.8) is 0 Å². The summed E-state index contributed by atoms with van der Waals surface area (Å²) in [5.74, 6) is -0.228. The van der Waals surface area contributed by atoms with Crippen molar-refractivity contribution < 1.29 is 14.4 Å². The molecule has 0 saturated heterocycles. The van der Waals surface area contributed by atoms with E-state index >= 15 is 0 Å². The van der Waals surface area contributed by atoms with Crippen LogP contribution in [0.25, 0.3) is 22.0 Å². The third-order valence-corrected chi connectivity index (χ3v) is 8.13. The number of aliphatic hydroxyl groups excluding tert-OH is 1. The topological polar surface area (TPSA) is 100 Å². The number of carbonyl (C=O) groups excluding carboxylic acids is 1. The van der Waals surface area contributed by atoms with Gasteiger partial charge in [0.15, 0.2) is 0 Å². The van der Waals surface area contributed by atoms with Crippen LogP contribution in [-0.4, -0.2) is 57.5 Å². The Morgan fingerprint density at radius 1 is 1.12 bits per heavy atom. The van der Waals surface area contributed by atoms with E-state index in [9.17, 15) is 14.7 Å². The molecule has 0 atom stereocenters. The lowest BCUT2D eigenvalue weighted by atomic mass is 9.97. The number of aliphatic hydroxyl groups is 1. The normalized spacial score (nSPS) is 14.2. The minimum atomic E-state index is -0.228. The van der Waals surface area contributed by atoms with Crippen molar-refractivity contribution >= 4 is 16.8 Å². The van der Waals surface area contributed by atoms with Crippen molar-refractivity contribution in [3.05, 3.63) is 87.0 Å². The van der Waals surface area contributed by atoms with Crippen LogP contribution in [-0.2, 0) is 13.1 Å². The van der Waals surface area contributed by atoms with Crippen LogP contribution in [0.5, 0.6) is 0 Å². The van der Waals surface area contributed by atoms with Crippen molar-refractivity contribution in [1.29, 1.82) is 0 Å². The molecule has 1 amide bonds. The van der Waals surface area contributed by atoms with Crippen molar-refractivity contribution in [2.75, 3.05) is 27.2 Å². The smallest absolute Gasteiger partial charge is 0.253 e. The number of aromatic nitrogens is 3. The van der Waals surface area contributed by atoms with Crippen LogP contribution in [0.15, 0.2) is 53.5 Å². The number of aromatic amines is 1. The minimum Gasteiger partial charge on any atom is -0.391 e. The predicted octanol–water partition coefficient (Wildman–Crippen LogP) is 4.62. The van der Waals surface area contributed by atoms with Crippen molar-refractivity contribution in [2.45, 2.75) is 58.7 Å². The summed E-state index contributed by atoms with van der Waals surface area (Å²) in [6.45, 7) is 5.49. The number of H-pyrrole nitrogens is 1. The molecule has 40 heavy (non-hydrogen) atoms. The highest BCUT2D eigenvalue weighted by Crippen LogP contribution is 2.35. The number of amides is 1. The molecule has 0 bridgehead atoms. The maximum atomic E-state index is 13.7. The fraction of sp³-hybridized carbons (Fsp3) is 0.406. The van der Waals surface area contributed by atoms with Gasteiger partial charge in [0.2, 0.25) is 0 Å². The fourth-order valence-electron chi connectivity index (χ4n) is 6.00. The molecule has 8 heteroatoms. The second-order valence-corrected chi connectivity index (χ2v) is 11.9. The van der Waals surface area contributed by atoms with Gasteiger partial charge in [0.1, 0.15) is 13.1 Å². The van der Waals surface area contributed by atoms with Gasteiger partial charge in [-0.15, -0.1) is 0 Å². The van der Waals surface area contributed by atoms with Crippen LogP contribution in [0.2, 0.25) is 0 Å². The molecule has 3 N–H and O–H groups in total. The Balaban J connectivity index is 1.54. The monoisotopic (exact) mass is 542 g/mol. The summed E-state index contributed by atoms with van der Waals surface area (Å²) >= 11 is 0. The summed E-state index contributed by atoms with van der Waals surface area (Å²) in [4.78, 5) is 29.1. The first kappa shape index (κ1) is 27.8. The number of quaternary nitrogens is 1. The van der Waals surface area contributed by atoms with E-state index in [4.69, 9.17) is 5.10 Å². The lowest BCUT2D eigenvalue weighted by Crippen LogP contribution is -2.41. The van der Waals surface area contributed by atoms with Gasteiger partial charge >= 0.3 is 0 Å². The van der Waals surface area contributed by atoms with E-state index in [0.717, 1.165) is 52.7 Å². The molecule has 1 aliphatic carbocycles. The van der Waals surface area contributed by atoms with Gasteiger partial charge in [-0.3, -0.25) is 14.3 Å². The molecule has 2 aromatic heterocycles. The Kier molecular flexibility index (Phi) is 7.92. The molecule has 0 aliphatic heterocycles. The second kappa shape index (κ2) is 11.4. The average Bonchev–Trinajstić information content (AvgIpc) is 3.57. The number of carbonyl (C=O) groups is 1. The zero-order chi connectivity index (χ0) is 28.4. The Bertz CT molecular complexity index is 1590. The summed E-state index contributed by atoms with van der Waals surface area (Å²) in [6, 6.07) is 14.7. The number of fused-ring (bicyclic) bond motifs is 1. The van der Waals surface area contributed by atoms with Crippen LogP contribution in [0.3, 0.4) is 0 Å². The van der Waals surface area contributed by atoms with Crippen LogP contribution in [0, 0.1) is 13.8 Å². The van der Waals surface area contributed by atoms with Gasteiger partial charge in [-0.1, -0.05) is 31.0 Å². The molecule has 2 aromatic carbocycles. The zero-order valence-electron chi connectivity index (χ0n) is 24.0. The van der Waals surface area contributed by atoms with Crippen molar-refractivity contribution in [2.24, 2.45) is 0 Å². The molecule has 5 rings (SSSR count). The van der Waals surface area contributed by atoms with Crippen LogP contribution in [0.4, 0.5) is 0 Å². The minimum absolute atomic E-state index is 0.140. The number of pyridine rings is 1. The molecule has 2 heterocycles. The standard InChI is InChI=1S/C32H39N5O3/c1-21-14-22(2)35-32(40)28(21)18-33-31(39)27-16-25(17-30-29(27)19-34-36(30)26-10-5-6-11-26)24-9-7-8-23(15-24)20-37(3,4)12-13-38/h7-9,14-17,19,26,38H,5-6,10-13,18,20H2,1-4H3,(H-,33,35,39,40)/p+1.